The van der Waals surface area contributed by atoms with Crippen LogP contribution in [0.4, 0.5) is 0 Å². The molecule has 0 amide bonds. The van der Waals surface area contributed by atoms with Gasteiger partial charge in [0.05, 0.1) is 5.02 Å². The number of carbonyl (C=O) groups excluding carboxylic acids is 1. The number of Topliss-reactive ketones (excluding diaryl/α,β-unsaturated/α-hetero) is 1. The molecule has 82 valence electrons. The van der Waals surface area contributed by atoms with Crippen LogP contribution in [0.25, 0.3) is 0 Å². The Kier molecular flexibility index (Phi) is 3.76. The van der Waals surface area contributed by atoms with Gasteiger partial charge in [-0.1, -0.05) is 17.7 Å². The molecule has 0 radical (unpaired) electrons. The van der Waals surface area contributed by atoms with Crippen LogP contribution in [0, 0.1) is 0 Å². The summed E-state index contributed by atoms with van der Waals surface area (Å²) in [5.41, 5.74) is 0.575. The van der Waals surface area contributed by atoms with Gasteiger partial charge in [-0.25, -0.2) is 8.42 Å². The summed E-state index contributed by atoms with van der Waals surface area (Å²) in [7, 11) is 1.31. The largest absolute Gasteiger partial charge is 0.300 e. The summed E-state index contributed by atoms with van der Waals surface area (Å²) in [5, 5.41) is 0.0531. The lowest BCUT2D eigenvalue weighted by molar-refractivity contribution is -0.116. The summed E-state index contributed by atoms with van der Waals surface area (Å²) in [5.74, 6) is -0.0600. The molecule has 0 N–H and O–H groups in total. The van der Waals surface area contributed by atoms with E-state index < -0.39 is 9.05 Å². The number of hydrogen-bond donors (Lipinski definition) is 0. The minimum absolute atomic E-state index is 0.0531. The summed E-state index contributed by atoms with van der Waals surface area (Å²) >= 11 is 5.67. The SMILES string of the molecule is CC(=O)Cc1ccc(Cl)c(S(=O)(=O)Cl)c1. The number of ketones is 1. The van der Waals surface area contributed by atoms with E-state index in [2.05, 4.69) is 0 Å². The first-order valence-electron chi connectivity index (χ1n) is 4.03. The molecular formula is C9H8Cl2O3S. The number of halogens is 2. The van der Waals surface area contributed by atoms with Crippen LogP contribution in [0.1, 0.15) is 12.5 Å². The maximum atomic E-state index is 11.1. The van der Waals surface area contributed by atoms with E-state index in [4.69, 9.17) is 22.3 Å². The molecule has 0 unspecified atom stereocenters. The Labute approximate surface area is 97.4 Å². The predicted octanol–water partition coefficient (Wildman–Crippen LogP) is 2.40. The zero-order valence-corrected chi connectivity index (χ0v) is 10.2. The van der Waals surface area contributed by atoms with E-state index in [9.17, 15) is 13.2 Å². The molecule has 0 aromatic heterocycles. The average Bonchev–Trinajstić information content (AvgIpc) is 2.05. The van der Waals surface area contributed by atoms with E-state index in [0.717, 1.165) is 0 Å². The Morgan fingerprint density at radius 3 is 2.47 bits per heavy atom. The van der Waals surface area contributed by atoms with E-state index in [1.165, 1.54) is 19.1 Å². The smallest absolute Gasteiger partial charge is 0.262 e. The summed E-state index contributed by atoms with van der Waals surface area (Å²) in [6.07, 6.45) is 0.163. The molecule has 15 heavy (non-hydrogen) atoms. The molecule has 0 saturated heterocycles. The Morgan fingerprint density at radius 1 is 1.40 bits per heavy atom. The molecule has 1 rings (SSSR count). The van der Waals surface area contributed by atoms with Gasteiger partial charge in [-0.3, -0.25) is 4.79 Å². The van der Waals surface area contributed by atoms with Crippen LogP contribution in [0.3, 0.4) is 0 Å². The maximum Gasteiger partial charge on any atom is 0.262 e. The van der Waals surface area contributed by atoms with Crippen LogP contribution in [-0.4, -0.2) is 14.2 Å². The highest BCUT2D eigenvalue weighted by atomic mass is 35.7. The van der Waals surface area contributed by atoms with Crippen molar-refractivity contribution in [2.75, 3.05) is 0 Å². The summed E-state index contributed by atoms with van der Waals surface area (Å²) < 4.78 is 22.2. The molecular weight excluding hydrogens is 259 g/mol. The predicted molar refractivity (Wildman–Crippen MR) is 58.9 cm³/mol. The van der Waals surface area contributed by atoms with E-state index in [0.29, 0.717) is 5.56 Å². The van der Waals surface area contributed by atoms with Crippen LogP contribution in [0.15, 0.2) is 23.1 Å². The molecule has 0 fully saturated rings. The third kappa shape index (κ3) is 3.48. The molecule has 0 bridgehead atoms. The molecule has 6 heteroatoms. The zero-order valence-electron chi connectivity index (χ0n) is 7.83. The van der Waals surface area contributed by atoms with Gasteiger partial charge in [0, 0.05) is 17.1 Å². The van der Waals surface area contributed by atoms with E-state index in [1.807, 2.05) is 0 Å². The van der Waals surface area contributed by atoms with Crippen molar-refractivity contribution in [3.05, 3.63) is 28.8 Å². The monoisotopic (exact) mass is 266 g/mol. The standard InChI is InChI=1S/C9H8Cl2O3S/c1-6(12)4-7-2-3-8(10)9(5-7)15(11,13)14/h2-3,5H,4H2,1H3. The van der Waals surface area contributed by atoms with Crippen molar-refractivity contribution < 1.29 is 13.2 Å². The van der Waals surface area contributed by atoms with E-state index in [1.54, 1.807) is 6.07 Å². The van der Waals surface area contributed by atoms with Crippen molar-refractivity contribution in [1.29, 1.82) is 0 Å². The van der Waals surface area contributed by atoms with Crippen molar-refractivity contribution in [3.8, 4) is 0 Å². The van der Waals surface area contributed by atoms with Gasteiger partial charge in [0.25, 0.3) is 9.05 Å². The molecule has 0 aliphatic heterocycles. The summed E-state index contributed by atoms with van der Waals surface area (Å²) in [6.45, 7) is 1.42. The normalized spacial score (nSPS) is 11.4. The molecule has 1 aromatic rings. The minimum atomic E-state index is -3.86. The van der Waals surface area contributed by atoms with Crippen LogP contribution in [0.5, 0.6) is 0 Å². The maximum absolute atomic E-state index is 11.1. The molecule has 0 saturated carbocycles. The second-order valence-corrected chi connectivity index (χ2v) is 6.02. The van der Waals surface area contributed by atoms with Gasteiger partial charge < -0.3 is 0 Å². The lowest BCUT2D eigenvalue weighted by atomic mass is 10.1. The second kappa shape index (κ2) is 4.51. The molecule has 0 aliphatic carbocycles. The van der Waals surface area contributed by atoms with Crippen molar-refractivity contribution in [2.24, 2.45) is 0 Å². The third-order valence-electron chi connectivity index (χ3n) is 1.71. The zero-order chi connectivity index (χ0) is 11.6. The molecule has 0 spiro atoms. The first kappa shape index (κ1) is 12.5. The van der Waals surface area contributed by atoms with Crippen LogP contribution in [0.2, 0.25) is 5.02 Å². The quantitative estimate of drug-likeness (QED) is 0.790. The van der Waals surface area contributed by atoms with Gasteiger partial charge >= 0.3 is 0 Å². The number of benzene rings is 1. The molecule has 0 atom stereocenters. The number of hydrogen-bond acceptors (Lipinski definition) is 3. The topological polar surface area (TPSA) is 51.2 Å². The van der Waals surface area contributed by atoms with Gasteiger partial charge in [0.15, 0.2) is 0 Å². The van der Waals surface area contributed by atoms with Crippen LogP contribution in [-0.2, 0) is 20.3 Å². The van der Waals surface area contributed by atoms with E-state index in [-0.39, 0.29) is 22.1 Å². The lowest BCUT2D eigenvalue weighted by Gasteiger charge is -2.03. The first-order chi connectivity index (χ1) is 6.80. The number of carbonyl (C=O) groups is 1. The highest BCUT2D eigenvalue weighted by Crippen LogP contribution is 2.25. The van der Waals surface area contributed by atoms with Crippen LogP contribution >= 0.6 is 22.3 Å². The van der Waals surface area contributed by atoms with Gasteiger partial charge in [0.1, 0.15) is 10.7 Å². The second-order valence-electron chi connectivity index (χ2n) is 3.08. The van der Waals surface area contributed by atoms with Crippen molar-refractivity contribution >= 4 is 37.1 Å². The lowest BCUT2D eigenvalue weighted by Crippen LogP contribution is -1.99. The van der Waals surface area contributed by atoms with Gasteiger partial charge in [-0.15, -0.1) is 0 Å². The Morgan fingerprint density at radius 2 is 2.00 bits per heavy atom. The fourth-order valence-corrected chi connectivity index (χ4v) is 2.65. The summed E-state index contributed by atoms with van der Waals surface area (Å²) in [4.78, 5) is 10.7. The van der Waals surface area contributed by atoms with Gasteiger partial charge in [0.2, 0.25) is 0 Å². The van der Waals surface area contributed by atoms with E-state index >= 15 is 0 Å². The molecule has 0 heterocycles. The van der Waals surface area contributed by atoms with Crippen molar-refractivity contribution in [2.45, 2.75) is 18.2 Å². The third-order valence-corrected chi connectivity index (χ3v) is 3.51. The van der Waals surface area contributed by atoms with Crippen molar-refractivity contribution in [3.63, 3.8) is 0 Å². The van der Waals surface area contributed by atoms with Gasteiger partial charge in [-0.05, 0) is 24.6 Å². The molecule has 3 nitrogen and oxygen atoms in total. The van der Waals surface area contributed by atoms with Crippen molar-refractivity contribution in [1.82, 2.24) is 0 Å². The summed E-state index contributed by atoms with van der Waals surface area (Å²) in [6, 6.07) is 4.32. The Balaban J connectivity index is 3.23. The fraction of sp³-hybridized carbons (Fsp3) is 0.222. The Bertz CT molecular complexity index is 494. The highest BCUT2D eigenvalue weighted by Gasteiger charge is 2.15. The average molecular weight is 267 g/mol. The minimum Gasteiger partial charge on any atom is -0.300 e. The fourth-order valence-electron chi connectivity index (χ4n) is 1.13. The Hall–Kier alpha value is -0.580. The highest BCUT2D eigenvalue weighted by molar-refractivity contribution is 8.13. The first-order valence-corrected chi connectivity index (χ1v) is 6.72. The van der Waals surface area contributed by atoms with Gasteiger partial charge in [-0.2, -0.15) is 0 Å². The van der Waals surface area contributed by atoms with Crippen LogP contribution < -0.4 is 0 Å². The number of rotatable bonds is 3. The molecule has 1 aromatic carbocycles. The molecule has 0 aliphatic rings.